The van der Waals surface area contributed by atoms with Crippen molar-refractivity contribution >= 4 is 23.7 Å². The van der Waals surface area contributed by atoms with Crippen molar-refractivity contribution in [3.63, 3.8) is 0 Å². The van der Waals surface area contributed by atoms with Gasteiger partial charge in [0.15, 0.2) is 11.5 Å². The first kappa shape index (κ1) is 19.4. The molecule has 2 aromatic carbocycles. The summed E-state index contributed by atoms with van der Waals surface area (Å²) in [5, 5.41) is 26.4. The first-order chi connectivity index (χ1) is 12.9. The number of carbonyl (C=O) groups is 2. The number of carbonyl (C=O) groups excluding carboxylic acids is 2. The zero-order valence-electron chi connectivity index (χ0n) is 14.2. The molecule has 0 aromatic heterocycles. The standard InChI is InChI=1S/C17H16N4O6/c1-27-15-6-5-11(7-14(15)22)9-19-20-16(23)10-18-17(24)12-3-2-4-13(8-12)21(25)26/h2-9,22H,10H2,1H3,(H,18,24)(H,20,23)/b19-9-. The number of ether oxygens (including phenoxy) is 1. The topological polar surface area (TPSA) is 143 Å². The lowest BCUT2D eigenvalue weighted by molar-refractivity contribution is -0.384. The first-order valence-electron chi connectivity index (χ1n) is 7.62. The van der Waals surface area contributed by atoms with Crippen LogP contribution in [0.2, 0.25) is 0 Å². The van der Waals surface area contributed by atoms with Crippen molar-refractivity contribution in [1.29, 1.82) is 0 Å². The largest absolute Gasteiger partial charge is 0.504 e. The molecule has 0 fully saturated rings. The Morgan fingerprint density at radius 2 is 2.07 bits per heavy atom. The summed E-state index contributed by atoms with van der Waals surface area (Å²) >= 11 is 0. The van der Waals surface area contributed by atoms with E-state index in [4.69, 9.17) is 4.74 Å². The number of benzene rings is 2. The second-order valence-electron chi connectivity index (χ2n) is 5.21. The third-order valence-corrected chi connectivity index (χ3v) is 3.33. The summed E-state index contributed by atoms with van der Waals surface area (Å²) in [7, 11) is 1.42. The van der Waals surface area contributed by atoms with Gasteiger partial charge in [-0.25, -0.2) is 5.43 Å². The van der Waals surface area contributed by atoms with Crippen LogP contribution in [0, 0.1) is 10.1 Å². The van der Waals surface area contributed by atoms with E-state index < -0.39 is 16.7 Å². The molecule has 0 aliphatic heterocycles. The zero-order chi connectivity index (χ0) is 19.8. The van der Waals surface area contributed by atoms with Gasteiger partial charge in [0.25, 0.3) is 17.5 Å². The summed E-state index contributed by atoms with van der Waals surface area (Å²) in [6.45, 7) is -0.368. The van der Waals surface area contributed by atoms with Crippen molar-refractivity contribution in [2.45, 2.75) is 0 Å². The molecule has 0 aliphatic carbocycles. The Hall–Kier alpha value is -3.95. The molecule has 0 atom stereocenters. The highest BCUT2D eigenvalue weighted by Crippen LogP contribution is 2.25. The number of non-ortho nitro benzene ring substituents is 1. The zero-order valence-corrected chi connectivity index (χ0v) is 14.2. The number of phenols is 1. The van der Waals surface area contributed by atoms with Crippen molar-refractivity contribution in [3.05, 3.63) is 63.7 Å². The van der Waals surface area contributed by atoms with Crippen LogP contribution in [0.1, 0.15) is 15.9 Å². The third kappa shape index (κ3) is 5.53. The van der Waals surface area contributed by atoms with E-state index in [0.717, 1.165) is 6.07 Å². The van der Waals surface area contributed by atoms with E-state index in [1.165, 1.54) is 43.7 Å². The number of nitrogens with one attached hydrogen (secondary N) is 2. The van der Waals surface area contributed by atoms with E-state index in [9.17, 15) is 24.8 Å². The molecule has 10 heteroatoms. The van der Waals surface area contributed by atoms with Crippen LogP contribution in [0.4, 0.5) is 5.69 Å². The minimum absolute atomic E-state index is 0.0641. The van der Waals surface area contributed by atoms with Gasteiger partial charge in [-0.05, 0) is 29.8 Å². The van der Waals surface area contributed by atoms with Gasteiger partial charge in [0, 0.05) is 17.7 Å². The Balaban J connectivity index is 1.85. The molecule has 10 nitrogen and oxygen atoms in total. The van der Waals surface area contributed by atoms with Crippen LogP contribution in [-0.4, -0.2) is 41.7 Å². The number of hydrazone groups is 1. The number of phenolic OH excluding ortho intramolecular Hbond substituents is 1. The molecular weight excluding hydrogens is 356 g/mol. The maximum absolute atomic E-state index is 11.9. The van der Waals surface area contributed by atoms with Crippen molar-refractivity contribution < 1.29 is 24.4 Å². The number of nitro benzene ring substituents is 1. The monoisotopic (exact) mass is 372 g/mol. The molecule has 2 rings (SSSR count). The van der Waals surface area contributed by atoms with E-state index in [-0.39, 0.29) is 23.5 Å². The minimum Gasteiger partial charge on any atom is -0.504 e. The van der Waals surface area contributed by atoms with Gasteiger partial charge in [-0.3, -0.25) is 19.7 Å². The fourth-order valence-corrected chi connectivity index (χ4v) is 2.03. The highest BCUT2D eigenvalue weighted by Gasteiger charge is 2.12. The number of nitro groups is 1. The number of nitrogens with zero attached hydrogens (tertiary/aromatic N) is 2. The van der Waals surface area contributed by atoms with Crippen LogP contribution < -0.4 is 15.5 Å². The summed E-state index contributed by atoms with van der Waals surface area (Å²) < 4.78 is 4.91. The predicted molar refractivity (Wildman–Crippen MR) is 95.8 cm³/mol. The summed E-state index contributed by atoms with van der Waals surface area (Å²) in [5.74, 6) is -0.988. The Kier molecular flexibility index (Phi) is 6.42. The SMILES string of the molecule is COc1ccc(/C=N\NC(=O)CNC(=O)c2cccc([N+](=O)[O-])c2)cc1O. The number of aromatic hydroxyl groups is 1. The Bertz CT molecular complexity index is 897. The van der Waals surface area contributed by atoms with E-state index in [1.54, 1.807) is 6.07 Å². The number of hydrogen-bond acceptors (Lipinski definition) is 7. The van der Waals surface area contributed by atoms with Crippen LogP contribution in [0.15, 0.2) is 47.6 Å². The van der Waals surface area contributed by atoms with E-state index in [2.05, 4.69) is 15.8 Å². The second kappa shape index (κ2) is 8.94. The number of hydrogen-bond donors (Lipinski definition) is 3. The van der Waals surface area contributed by atoms with Crippen LogP contribution in [-0.2, 0) is 4.79 Å². The third-order valence-electron chi connectivity index (χ3n) is 3.33. The molecule has 0 bridgehead atoms. The fourth-order valence-electron chi connectivity index (χ4n) is 2.03. The molecular formula is C17H16N4O6. The van der Waals surface area contributed by atoms with Crippen LogP contribution in [0.25, 0.3) is 0 Å². The lowest BCUT2D eigenvalue weighted by Gasteiger charge is -2.05. The number of amides is 2. The maximum atomic E-state index is 11.9. The van der Waals surface area contributed by atoms with Crippen molar-refractivity contribution in [2.24, 2.45) is 5.10 Å². The molecule has 0 heterocycles. The fraction of sp³-hybridized carbons (Fsp3) is 0.118. The maximum Gasteiger partial charge on any atom is 0.270 e. The van der Waals surface area contributed by atoms with E-state index in [0.29, 0.717) is 11.3 Å². The first-order valence-corrected chi connectivity index (χ1v) is 7.62. The Morgan fingerprint density at radius 3 is 2.74 bits per heavy atom. The molecule has 27 heavy (non-hydrogen) atoms. The molecule has 140 valence electrons. The summed E-state index contributed by atoms with van der Waals surface area (Å²) in [4.78, 5) is 33.7. The minimum atomic E-state index is -0.627. The van der Waals surface area contributed by atoms with Gasteiger partial charge >= 0.3 is 0 Å². The molecule has 0 saturated carbocycles. The molecule has 3 N–H and O–H groups in total. The van der Waals surface area contributed by atoms with Gasteiger partial charge in [0.1, 0.15) is 0 Å². The number of methoxy groups -OCH3 is 1. The lowest BCUT2D eigenvalue weighted by Crippen LogP contribution is -2.34. The van der Waals surface area contributed by atoms with Crippen molar-refractivity contribution in [2.75, 3.05) is 13.7 Å². The molecule has 0 aliphatic rings. The number of rotatable bonds is 7. The van der Waals surface area contributed by atoms with Crippen LogP contribution >= 0.6 is 0 Å². The summed E-state index contributed by atoms with van der Waals surface area (Å²) in [6.07, 6.45) is 1.30. The summed E-state index contributed by atoms with van der Waals surface area (Å²) in [6, 6.07) is 9.71. The van der Waals surface area contributed by atoms with Crippen molar-refractivity contribution in [3.8, 4) is 11.5 Å². The normalized spacial score (nSPS) is 10.4. The van der Waals surface area contributed by atoms with Crippen molar-refractivity contribution in [1.82, 2.24) is 10.7 Å². The van der Waals surface area contributed by atoms with E-state index in [1.807, 2.05) is 0 Å². The van der Waals surface area contributed by atoms with Gasteiger partial charge in [0.2, 0.25) is 0 Å². The Labute approximate surface area is 153 Å². The molecule has 2 amide bonds. The molecule has 0 spiro atoms. The summed E-state index contributed by atoms with van der Waals surface area (Å²) in [5.41, 5.74) is 2.57. The average molecular weight is 372 g/mol. The van der Waals surface area contributed by atoms with Gasteiger partial charge < -0.3 is 15.2 Å². The molecule has 0 unspecified atom stereocenters. The lowest BCUT2D eigenvalue weighted by atomic mass is 10.2. The highest BCUT2D eigenvalue weighted by atomic mass is 16.6. The molecule has 0 saturated heterocycles. The second-order valence-corrected chi connectivity index (χ2v) is 5.21. The van der Waals surface area contributed by atoms with Gasteiger partial charge in [-0.1, -0.05) is 6.07 Å². The van der Waals surface area contributed by atoms with Gasteiger partial charge in [-0.2, -0.15) is 5.10 Å². The van der Waals surface area contributed by atoms with Crippen LogP contribution in [0.5, 0.6) is 11.5 Å². The quantitative estimate of drug-likeness (QED) is 0.378. The predicted octanol–water partition coefficient (Wildman–Crippen LogP) is 1.19. The van der Waals surface area contributed by atoms with E-state index >= 15 is 0 Å². The van der Waals surface area contributed by atoms with Gasteiger partial charge in [-0.15, -0.1) is 0 Å². The smallest absolute Gasteiger partial charge is 0.270 e. The average Bonchev–Trinajstić information content (AvgIpc) is 2.66. The molecule has 0 radical (unpaired) electrons. The van der Waals surface area contributed by atoms with Gasteiger partial charge in [0.05, 0.1) is 24.8 Å². The Morgan fingerprint density at radius 1 is 1.30 bits per heavy atom. The molecule has 2 aromatic rings. The highest BCUT2D eigenvalue weighted by molar-refractivity contribution is 5.97. The van der Waals surface area contributed by atoms with Crippen LogP contribution in [0.3, 0.4) is 0 Å².